The Morgan fingerprint density at radius 2 is 2.00 bits per heavy atom. The van der Waals surface area contributed by atoms with Gasteiger partial charge in [0, 0.05) is 32.0 Å². The molecular weight excluding hydrogens is 208 g/mol. The van der Waals surface area contributed by atoms with Crippen LogP contribution in [0, 0.1) is 0 Å². The number of allylic oxidation sites excluding steroid dienone is 2. The van der Waals surface area contributed by atoms with Crippen molar-refractivity contribution >= 4 is 0 Å². The summed E-state index contributed by atoms with van der Waals surface area (Å²) in [5.41, 5.74) is 1.26. The highest BCUT2D eigenvalue weighted by Crippen LogP contribution is 2.29. The third-order valence-corrected chi connectivity index (χ3v) is 3.35. The second-order valence-electron chi connectivity index (χ2n) is 4.40. The molecule has 0 aromatic heterocycles. The first-order valence-corrected chi connectivity index (χ1v) is 5.93. The summed E-state index contributed by atoms with van der Waals surface area (Å²) < 4.78 is 26.0. The molecule has 0 aromatic rings. The minimum Gasteiger partial charge on any atom is -0.296 e. The number of halogens is 2. The average Bonchev–Trinajstić information content (AvgIpc) is 2.25. The topological polar surface area (TPSA) is 3.24 Å². The van der Waals surface area contributed by atoms with E-state index in [2.05, 4.69) is 25.3 Å². The van der Waals surface area contributed by atoms with E-state index in [1.807, 2.05) is 6.08 Å². The van der Waals surface area contributed by atoms with Crippen molar-refractivity contribution in [2.75, 3.05) is 13.1 Å². The Balaban J connectivity index is 2.59. The van der Waals surface area contributed by atoms with Crippen molar-refractivity contribution in [2.45, 2.75) is 45.1 Å². The van der Waals surface area contributed by atoms with Crippen molar-refractivity contribution in [2.24, 2.45) is 0 Å². The molecule has 0 aliphatic carbocycles. The Hall–Kier alpha value is -0.700. The fourth-order valence-corrected chi connectivity index (χ4v) is 2.18. The lowest BCUT2D eigenvalue weighted by molar-refractivity contribution is -0.0593. The molecule has 0 N–H and O–H groups in total. The van der Waals surface area contributed by atoms with E-state index in [9.17, 15) is 8.78 Å². The third kappa shape index (κ3) is 3.41. The minimum absolute atomic E-state index is 0.0115. The fourth-order valence-electron chi connectivity index (χ4n) is 2.18. The van der Waals surface area contributed by atoms with Gasteiger partial charge in [-0.15, -0.1) is 0 Å². The van der Waals surface area contributed by atoms with E-state index in [-0.39, 0.29) is 18.9 Å². The number of hydrogen-bond acceptors (Lipinski definition) is 1. The molecule has 0 aromatic carbocycles. The van der Waals surface area contributed by atoms with Crippen LogP contribution in [0.15, 0.2) is 24.3 Å². The summed E-state index contributed by atoms with van der Waals surface area (Å²) in [5.74, 6) is -2.45. The van der Waals surface area contributed by atoms with Crippen LogP contribution in [0.5, 0.6) is 0 Å². The Labute approximate surface area is 96.8 Å². The van der Waals surface area contributed by atoms with Gasteiger partial charge in [0.15, 0.2) is 0 Å². The first kappa shape index (κ1) is 13.4. The van der Waals surface area contributed by atoms with Gasteiger partial charge < -0.3 is 0 Å². The summed E-state index contributed by atoms with van der Waals surface area (Å²) in [6, 6.07) is 0.249. The summed E-state index contributed by atoms with van der Waals surface area (Å²) in [5, 5.41) is 0. The normalized spacial score (nSPS) is 24.1. The number of piperidine rings is 1. The second kappa shape index (κ2) is 5.58. The quantitative estimate of drug-likeness (QED) is 0.665. The molecule has 0 saturated carbocycles. The molecule has 0 bridgehead atoms. The first-order valence-electron chi connectivity index (χ1n) is 5.93. The number of rotatable bonds is 4. The number of nitrogens with zero attached hydrogens (tertiary/aromatic N) is 1. The molecule has 0 radical (unpaired) electrons. The Morgan fingerprint density at radius 3 is 2.44 bits per heavy atom. The van der Waals surface area contributed by atoms with E-state index in [1.165, 1.54) is 5.57 Å². The van der Waals surface area contributed by atoms with Gasteiger partial charge in [0.2, 0.25) is 0 Å². The number of alkyl halides is 2. The minimum atomic E-state index is -2.45. The Morgan fingerprint density at radius 1 is 1.44 bits per heavy atom. The molecule has 1 aliphatic rings. The molecular formula is C13H21F2N. The zero-order chi connectivity index (χ0) is 12.2. The van der Waals surface area contributed by atoms with Crippen LogP contribution in [0.2, 0.25) is 0 Å². The van der Waals surface area contributed by atoms with Crippen molar-refractivity contribution in [1.29, 1.82) is 0 Å². The lowest BCUT2D eigenvalue weighted by Gasteiger charge is -2.36. The van der Waals surface area contributed by atoms with Gasteiger partial charge in [0.25, 0.3) is 5.92 Å². The Kier molecular flexibility index (Phi) is 4.66. The first-order chi connectivity index (χ1) is 7.50. The van der Waals surface area contributed by atoms with Gasteiger partial charge in [0.1, 0.15) is 0 Å². The predicted octanol–water partition coefficient (Wildman–Crippen LogP) is 3.63. The fraction of sp³-hybridized carbons (Fsp3) is 0.692. The van der Waals surface area contributed by atoms with Gasteiger partial charge in [-0.25, -0.2) is 8.78 Å². The number of likely N-dealkylation sites (tertiary alicyclic amines) is 1. The zero-order valence-corrected chi connectivity index (χ0v) is 10.2. The largest absolute Gasteiger partial charge is 0.296 e. The highest BCUT2D eigenvalue weighted by Gasteiger charge is 2.35. The second-order valence-corrected chi connectivity index (χ2v) is 4.40. The van der Waals surface area contributed by atoms with Crippen molar-refractivity contribution in [3.63, 3.8) is 0 Å². The molecule has 1 fully saturated rings. The smallest absolute Gasteiger partial charge is 0.250 e. The lowest BCUT2D eigenvalue weighted by atomic mass is 9.99. The summed E-state index contributed by atoms with van der Waals surface area (Å²) >= 11 is 0. The standard InChI is InChI=1S/C13H21F2N/c1-4-6-12(5-2)11(3)16-9-7-13(14,15)8-10-16/h4,6,11H,1,5,7-10H2,2-3H3/b12-6+. The SMILES string of the molecule is C=C/C=C(\CC)C(C)N1CCC(F)(F)CC1. The third-order valence-electron chi connectivity index (χ3n) is 3.35. The lowest BCUT2D eigenvalue weighted by Crippen LogP contribution is -2.44. The summed E-state index contributed by atoms with van der Waals surface area (Å²) in [7, 11) is 0. The van der Waals surface area contributed by atoms with Crippen molar-refractivity contribution < 1.29 is 8.78 Å². The Bertz CT molecular complexity index is 261. The molecule has 1 atom stereocenters. The van der Waals surface area contributed by atoms with Gasteiger partial charge in [-0.1, -0.05) is 31.2 Å². The maximum atomic E-state index is 13.0. The molecule has 1 aliphatic heterocycles. The highest BCUT2D eigenvalue weighted by molar-refractivity contribution is 5.16. The van der Waals surface area contributed by atoms with E-state index in [0.717, 1.165) is 6.42 Å². The molecule has 0 amide bonds. The van der Waals surface area contributed by atoms with Crippen LogP contribution in [0.4, 0.5) is 8.78 Å². The summed E-state index contributed by atoms with van der Waals surface area (Å²) in [6.45, 7) is 8.83. The van der Waals surface area contributed by atoms with Crippen molar-refractivity contribution in [1.82, 2.24) is 4.90 Å². The van der Waals surface area contributed by atoms with Gasteiger partial charge in [-0.2, -0.15) is 0 Å². The van der Waals surface area contributed by atoms with E-state index >= 15 is 0 Å². The van der Waals surface area contributed by atoms with Crippen LogP contribution in [0.3, 0.4) is 0 Å². The molecule has 3 heteroatoms. The summed E-state index contributed by atoms with van der Waals surface area (Å²) in [6.07, 6.45) is 4.69. The molecule has 1 nitrogen and oxygen atoms in total. The van der Waals surface area contributed by atoms with Crippen LogP contribution >= 0.6 is 0 Å². The van der Waals surface area contributed by atoms with Gasteiger partial charge in [-0.3, -0.25) is 4.90 Å². The highest BCUT2D eigenvalue weighted by atomic mass is 19.3. The summed E-state index contributed by atoms with van der Waals surface area (Å²) in [4.78, 5) is 2.14. The molecule has 1 saturated heterocycles. The van der Waals surface area contributed by atoms with E-state index < -0.39 is 5.92 Å². The maximum absolute atomic E-state index is 13.0. The average molecular weight is 229 g/mol. The van der Waals surface area contributed by atoms with Crippen LogP contribution < -0.4 is 0 Å². The van der Waals surface area contributed by atoms with E-state index in [4.69, 9.17) is 0 Å². The molecule has 1 heterocycles. The van der Waals surface area contributed by atoms with Crippen LogP contribution in [-0.2, 0) is 0 Å². The monoisotopic (exact) mass is 229 g/mol. The van der Waals surface area contributed by atoms with Crippen molar-refractivity contribution in [3.05, 3.63) is 24.3 Å². The van der Waals surface area contributed by atoms with Crippen molar-refractivity contribution in [3.8, 4) is 0 Å². The van der Waals surface area contributed by atoms with Gasteiger partial charge in [0.05, 0.1) is 0 Å². The molecule has 92 valence electrons. The van der Waals surface area contributed by atoms with E-state index in [1.54, 1.807) is 6.08 Å². The van der Waals surface area contributed by atoms with Gasteiger partial charge in [-0.05, 0) is 13.3 Å². The van der Waals surface area contributed by atoms with E-state index in [0.29, 0.717) is 13.1 Å². The molecule has 1 unspecified atom stereocenters. The maximum Gasteiger partial charge on any atom is 0.250 e. The van der Waals surface area contributed by atoms with Gasteiger partial charge >= 0.3 is 0 Å². The number of hydrogen-bond donors (Lipinski definition) is 0. The molecule has 16 heavy (non-hydrogen) atoms. The van der Waals surface area contributed by atoms with Crippen LogP contribution in [0.25, 0.3) is 0 Å². The molecule has 0 spiro atoms. The van der Waals surface area contributed by atoms with Crippen LogP contribution in [-0.4, -0.2) is 30.0 Å². The molecule has 1 rings (SSSR count). The predicted molar refractivity (Wildman–Crippen MR) is 63.8 cm³/mol. The zero-order valence-electron chi connectivity index (χ0n) is 10.2. The van der Waals surface area contributed by atoms with Crippen LogP contribution in [0.1, 0.15) is 33.1 Å².